The molecule has 5 nitrogen and oxygen atoms in total. The van der Waals surface area contributed by atoms with Crippen LogP contribution >= 0.6 is 0 Å². The van der Waals surface area contributed by atoms with E-state index in [1.54, 1.807) is 12.1 Å². The number of hydrogen-bond donors (Lipinski definition) is 1. The highest BCUT2D eigenvalue weighted by Gasteiger charge is 2.45. The van der Waals surface area contributed by atoms with E-state index in [2.05, 4.69) is 88.0 Å². The van der Waals surface area contributed by atoms with Gasteiger partial charge < -0.3 is 19.3 Å². The van der Waals surface area contributed by atoms with Gasteiger partial charge in [-0.15, -0.1) is 0 Å². The van der Waals surface area contributed by atoms with Crippen LogP contribution in [0.2, 0.25) is 0 Å². The van der Waals surface area contributed by atoms with Crippen molar-refractivity contribution >= 4 is 5.97 Å². The summed E-state index contributed by atoms with van der Waals surface area (Å²) < 4.78 is 17.9. The fraction of sp³-hybridized carbons (Fsp3) is 0.270. The number of esters is 1. The molecular weight excluding hydrogens is 524 g/mol. The number of ether oxygens (including phenoxy) is 3. The van der Waals surface area contributed by atoms with Crippen LogP contribution in [0.1, 0.15) is 55.9 Å². The topological polar surface area (TPSA) is 65.0 Å². The van der Waals surface area contributed by atoms with E-state index < -0.39 is 17.5 Å². The fourth-order valence-corrected chi connectivity index (χ4v) is 5.89. The smallest absolute Gasteiger partial charge is 0.330 e. The molecule has 1 unspecified atom stereocenters. The molecule has 0 bridgehead atoms. The lowest BCUT2D eigenvalue weighted by molar-refractivity contribution is -0.153. The summed E-state index contributed by atoms with van der Waals surface area (Å²) in [6.45, 7) is 10.0. The van der Waals surface area contributed by atoms with E-state index in [0.29, 0.717) is 5.75 Å². The number of phenolic OH excluding ortho intramolecular Hbond substituents is 1. The summed E-state index contributed by atoms with van der Waals surface area (Å²) >= 11 is 0. The van der Waals surface area contributed by atoms with Crippen molar-refractivity contribution in [2.45, 2.75) is 50.7 Å². The molecule has 1 aliphatic carbocycles. The Balaban J connectivity index is 1.48. The number of fused-ring (bicyclic) bond motifs is 3. The Morgan fingerprint density at radius 3 is 1.88 bits per heavy atom. The van der Waals surface area contributed by atoms with E-state index in [0.717, 1.165) is 30.0 Å². The molecule has 1 N–H and O–H groups in total. The molecule has 1 aliphatic rings. The first kappa shape index (κ1) is 29.2. The number of benzene rings is 4. The van der Waals surface area contributed by atoms with Crippen LogP contribution in [0.3, 0.4) is 0 Å². The van der Waals surface area contributed by atoms with Crippen LogP contribution in [0.25, 0.3) is 11.1 Å². The van der Waals surface area contributed by atoms with Crippen LogP contribution in [0.4, 0.5) is 0 Å². The lowest BCUT2D eigenvalue weighted by Crippen LogP contribution is -2.38. The first-order chi connectivity index (χ1) is 20.3. The third kappa shape index (κ3) is 5.45. The Morgan fingerprint density at radius 2 is 1.36 bits per heavy atom. The van der Waals surface area contributed by atoms with Gasteiger partial charge in [-0.1, -0.05) is 93.2 Å². The van der Waals surface area contributed by atoms with E-state index in [9.17, 15) is 9.90 Å². The molecule has 0 saturated carbocycles. The van der Waals surface area contributed by atoms with Crippen LogP contribution in [0.15, 0.2) is 110 Å². The molecule has 42 heavy (non-hydrogen) atoms. The second-order valence-electron chi connectivity index (χ2n) is 11.0. The van der Waals surface area contributed by atoms with Gasteiger partial charge in [0.05, 0.1) is 11.0 Å². The van der Waals surface area contributed by atoms with E-state index in [1.807, 2.05) is 24.3 Å². The van der Waals surface area contributed by atoms with E-state index >= 15 is 0 Å². The van der Waals surface area contributed by atoms with Crippen molar-refractivity contribution in [3.05, 3.63) is 132 Å². The van der Waals surface area contributed by atoms with Crippen LogP contribution in [-0.2, 0) is 19.7 Å². The molecule has 0 aromatic heterocycles. The highest BCUT2D eigenvalue weighted by molar-refractivity contribution is 5.86. The molecule has 4 aromatic rings. The van der Waals surface area contributed by atoms with Gasteiger partial charge in [0.15, 0.2) is 0 Å². The average molecular weight is 563 g/mol. The third-order valence-corrected chi connectivity index (χ3v) is 8.50. The van der Waals surface area contributed by atoms with Gasteiger partial charge in [0.1, 0.15) is 30.8 Å². The van der Waals surface area contributed by atoms with Gasteiger partial charge in [0, 0.05) is 6.08 Å². The first-order valence-electron chi connectivity index (χ1n) is 14.5. The lowest BCUT2D eigenvalue weighted by atomic mass is 9.68. The maximum Gasteiger partial charge on any atom is 0.330 e. The predicted octanol–water partition coefficient (Wildman–Crippen LogP) is 7.83. The van der Waals surface area contributed by atoms with Crippen molar-refractivity contribution in [3.8, 4) is 22.6 Å². The normalized spacial score (nSPS) is 14.0. The van der Waals surface area contributed by atoms with E-state index in [-0.39, 0.29) is 24.6 Å². The predicted molar refractivity (Wildman–Crippen MR) is 166 cm³/mol. The van der Waals surface area contributed by atoms with Gasteiger partial charge in [-0.2, -0.15) is 0 Å². The van der Waals surface area contributed by atoms with Gasteiger partial charge in [-0.05, 0) is 77.4 Å². The van der Waals surface area contributed by atoms with Crippen LogP contribution in [0, 0.1) is 0 Å². The minimum absolute atomic E-state index is 0.0794. The second-order valence-corrected chi connectivity index (χ2v) is 11.0. The first-order valence-corrected chi connectivity index (χ1v) is 14.5. The summed E-state index contributed by atoms with van der Waals surface area (Å²) in [4.78, 5) is 11.7. The van der Waals surface area contributed by atoms with Gasteiger partial charge in [-0.25, -0.2) is 4.79 Å². The monoisotopic (exact) mass is 562 g/mol. The van der Waals surface area contributed by atoms with E-state index in [1.165, 1.54) is 22.3 Å². The number of phenols is 1. The maximum absolute atomic E-state index is 11.7. The van der Waals surface area contributed by atoms with Gasteiger partial charge in [0.25, 0.3) is 0 Å². The maximum atomic E-state index is 11.7. The third-order valence-electron chi connectivity index (χ3n) is 8.50. The highest BCUT2D eigenvalue weighted by Crippen LogP contribution is 2.56. The standard InChI is InChI=1S/C37H38O5/c1-5-35(39)41-25-30(42-36(4,6-2)7-3)24-40-29-22-18-27(19-23-29)37(26-16-20-28(38)21-17-26)33-14-10-8-12-31(33)32-13-9-11-15-34(32)37/h5,8-23,30,38H,1,6-7,24-25H2,2-4H3. The summed E-state index contributed by atoms with van der Waals surface area (Å²) in [5.74, 6) is 0.437. The Morgan fingerprint density at radius 1 is 0.833 bits per heavy atom. The molecule has 4 aromatic carbocycles. The van der Waals surface area contributed by atoms with E-state index in [4.69, 9.17) is 14.2 Å². The zero-order valence-electron chi connectivity index (χ0n) is 24.5. The minimum Gasteiger partial charge on any atom is -0.508 e. The van der Waals surface area contributed by atoms with Crippen molar-refractivity contribution in [2.24, 2.45) is 0 Å². The molecule has 5 rings (SSSR count). The Bertz CT molecular complexity index is 1490. The molecule has 0 heterocycles. The zero-order chi connectivity index (χ0) is 29.7. The Labute approximate surface area is 248 Å². The Kier molecular flexibility index (Phi) is 8.51. The summed E-state index contributed by atoms with van der Waals surface area (Å²) in [5.41, 5.74) is 6.04. The summed E-state index contributed by atoms with van der Waals surface area (Å²) in [6, 6.07) is 32.7. The largest absolute Gasteiger partial charge is 0.508 e. The van der Waals surface area contributed by atoms with Crippen molar-refractivity contribution in [1.82, 2.24) is 0 Å². The van der Waals surface area contributed by atoms with Crippen molar-refractivity contribution in [2.75, 3.05) is 13.2 Å². The molecular formula is C37H38O5. The quantitative estimate of drug-likeness (QED) is 0.124. The van der Waals surface area contributed by atoms with Gasteiger partial charge in [0.2, 0.25) is 0 Å². The number of hydrogen-bond acceptors (Lipinski definition) is 5. The molecule has 5 heteroatoms. The molecule has 0 saturated heterocycles. The average Bonchev–Trinajstić information content (AvgIpc) is 3.34. The molecule has 0 aliphatic heterocycles. The number of carbonyl (C=O) groups is 1. The number of carbonyl (C=O) groups excluding carboxylic acids is 1. The fourth-order valence-electron chi connectivity index (χ4n) is 5.89. The zero-order valence-corrected chi connectivity index (χ0v) is 24.5. The minimum atomic E-state index is -0.561. The number of rotatable bonds is 12. The van der Waals surface area contributed by atoms with Crippen LogP contribution in [-0.4, -0.2) is 36.0 Å². The molecule has 0 amide bonds. The molecule has 1 atom stereocenters. The number of aromatic hydroxyl groups is 1. The van der Waals surface area contributed by atoms with Crippen molar-refractivity contribution in [3.63, 3.8) is 0 Å². The van der Waals surface area contributed by atoms with Crippen LogP contribution < -0.4 is 4.74 Å². The summed E-state index contributed by atoms with van der Waals surface area (Å²) in [7, 11) is 0. The highest BCUT2D eigenvalue weighted by atomic mass is 16.6. The molecule has 0 radical (unpaired) electrons. The second kappa shape index (κ2) is 12.3. The van der Waals surface area contributed by atoms with Crippen LogP contribution in [0.5, 0.6) is 11.5 Å². The molecule has 216 valence electrons. The Hall–Kier alpha value is -4.35. The van der Waals surface area contributed by atoms with Gasteiger partial charge >= 0.3 is 5.97 Å². The van der Waals surface area contributed by atoms with Crippen molar-refractivity contribution < 1.29 is 24.1 Å². The molecule has 0 fully saturated rings. The SMILES string of the molecule is C=CC(=O)OCC(COc1ccc(C2(c3ccc(O)cc3)c3ccccc3-c3ccccc32)cc1)OC(C)(CC)CC. The summed E-state index contributed by atoms with van der Waals surface area (Å²) in [6.07, 6.45) is 2.37. The lowest BCUT2D eigenvalue weighted by Gasteiger charge is -2.34. The summed E-state index contributed by atoms with van der Waals surface area (Å²) in [5, 5.41) is 10.1. The van der Waals surface area contributed by atoms with Crippen molar-refractivity contribution in [1.29, 1.82) is 0 Å². The van der Waals surface area contributed by atoms with Gasteiger partial charge in [-0.3, -0.25) is 0 Å². The molecule has 0 spiro atoms.